The average molecular weight is 392 g/mol. The number of carbonyl (C=O) groups is 1. The number of hydrogen-bond acceptors (Lipinski definition) is 3. The highest BCUT2D eigenvalue weighted by atomic mass is 32.2. The molecule has 0 N–H and O–H groups in total. The number of thioether (sulfide) groups is 1. The highest BCUT2D eigenvalue weighted by Gasteiger charge is 2.16. The Morgan fingerprint density at radius 2 is 1.81 bits per heavy atom. The van der Waals surface area contributed by atoms with Crippen LogP contribution < -0.4 is 0 Å². The van der Waals surface area contributed by atoms with Crippen LogP contribution in [0.3, 0.4) is 0 Å². The summed E-state index contributed by atoms with van der Waals surface area (Å²) >= 11 is 3.36. The van der Waals surface area contributed by atoms with Crippen LogP contribution in [0.15, 0.2) is 70.9 Å². The molecule has 0 unspecified atom stereocenters. The molecule has 4 aromatic rings. The summed E-state index contributed by atoms with van der Waals surface area (Å²) in [6.45, 7) is 4.96. The molecule has 0 spiro atoms. The molecule has 27 heavy (non-hydrogen) atoms. The summed E-state index contributed by atoms with van der Waals surface area (Å²) < 4.78 is 2.24. The second-order valence-corrected chi connectivity index (χ2v) is 8.75. The van der Waals surface area contributed by atoms with Gasteiger partial charge in [0.25, 0.3) is 0 Å². The van der Waals surface area contributed by atoms with E-state index < -0.39 is 0 Å². The number of thiophene rings is 1. The summed E-state index contributed by atoms with van der Waals surface area (Å²) in [6.07, 6.45) is 0. The van der Waals surface area contributed by atoms with Crippen LogP contribution in [0.5, 0.6) is 0 Å². The molecule has 2 aromatic heterocycles. The molecule has 4 heteroatoms. The van der Waals surface area contributed by atoms with E-state index in [1.54, 1.807) is 23.1 Å². The predicted molar refractivity (Wildman–Crippen MR) is 116 cm³/mol. The number of hydrogen-bond donors (Lipinski definition) is 0. The van der Waals surface area contributed by atoms with Crippen LogP contribution in [-0.2, 0) is 6.54 Å². The van der Waals surface area contributed by atoms with Crippen molar-refractivity contribution in [1.82, 2.24) is 4.57 Å². The van der Waals surface area contributed by atoms with Gasteiger partial charge in [-0.3, -0.25) is 4.79 Å². The van der Waals surface area contributed by atoms with Crippen molar-refractivity contribution in [2.24, 2.45) is 0 Å². The maximum atomic E-state index is 12.8. The maximum absolute atomic E-state index is 12.8. The van der Waals surface area contributed by atoms with Crippen LogP contribution >= 0.6 is 23.1 Å². The monoisotopic (exact) mass is 391 g/mol. The molecule has 2 aromatic carbocycles. The fourth-order valence-electron chi connectivity index (χ4n) is 3.37. The van der Waals surface area contributed by atoms with Gasteiger partial charge in [-0.15, -0.1) is 23.1 Å². The van der Waals surface area contributed by atoms with Gasteiger partial charge in [0.15, 0.2) is 5.78 Å². The Morgan fingerprint density at radius 1 is 1.00 bits per heavy atom. The molecule has 0 aliphatic heterocycles. The van der Waals surface area contributed by atoms with Crippen LogP contribution in [0.4, 0.5) is 0 Å². The average Bonchev–Trinajstić information content (AvgIpc) is 3.30. The number of benzene rings is 2. The Balaban J connectivity index is 1.49. The second kappa shape index (κ2) is 7.75. The van der Waals surface area contributed by atoms with E-state index in [-0.39, 0.29) is 5.78 Å². The van der Waals surface area contributed by atoms with Crippen LogP contribution in [0.25, 0.3) is 10.8 Å². The van der Waals surface area contributed by atoms with Crippen LogP contribution in [-0.4, -0.2) is 16.1 Å². The molecule has 0 aliphatic rings. The lowest BCUT2D eigenvalue weighted by molar-refractivity contribution is 0.102. The predicted octanol–water partition coefficient (Wildman–Crippen LogP) is 6.34. The number of nitrogens with zero attached hydrogens (tertiary/aromatic N) is 1. The zero-order chi connectivity index (χ0) is 18.8. The van der Waals surface area contributed by atoms with E-state index in [2.05, 4.69) is 66.3 Å². The molecule has 0 bridgehead atoms. The van der Waals surface area contributed by atoms with Gasteiger partial charge in [0.2, 0.25) is 0 Å². The quantitative estimate of drug-likeness (QED) is 0.282. The van der Waals surface area contributed by atoms with Crippen molar-refractivity contribution >= 4 is 39.7 Å². The molecule has 0 fully saturated rings. The first kappa shape index (κ1) is 18.1. The van der Waals surface area contributed by atoms with E-state index in [1.807, 2.05) is 18.2 Å². The third-order valence-electron chi connectivity index (χ3n) is 4.86. The normalized spacial score (nSPS) is 11.2. The highest BCUT2D eigenvalue weighted by Crippen LogP contribution is 2.26. The lowest BCUT2D eigenvalue weighted by Crippen LogP contribution is -2.07. The second-order valence-electron chi connectivity index (χ2n) is 6.67. The van der Waals surface area contributed by atoms with Crippen molar-refractivity contribution < 1.29 is 4.79 Å². The van der Waals surface area contributed by atoms with Gasteiger partial charge in [0.05, 0.1) is 12.3 Å². The number of aromatic nitrogens is 1. The summed E-state index contributed by atoms with van der Waals surface area (Å²) in [7, 11) is 0. The molecule has 0 amide bonds. The van der Waals surface area contributed by atoms with E-state index >= 15 is 0 Å². The first-order valence-electron chi connectivity index (χ1n) is 8.96. The Hall–Kier alpha value is -2.30. The third kappa shape index (κ3) is 3.87. The molecule has 4 rings (SSSR count). The minimum atomic E-state index is 0.193. The number of aryl methyl sites for hydroxylation is 1. The Bertz CT molecular complexity index is 1090. The minimum absolute atomic E-state index is 0.193. The molecule has 0 aliphatic carbocycles. The molecule has 0 saturated carbocycles. The largest absolute Gasteiger partial charge is 0.343 e. The zero-order valence-electron chi connectivity index (χ0n) is 15.4. The first-order chi connectivity index (χ1) is 13.1. The third-order valence-corrected chi connectivity index (χ3v) is 6.71. The van der Waals surface area contributed by atoms with E-state index in [9.17, 15) is 4.79 Å². The van der Waals surface area contributed by atoms with E-state index in [1.165, 1.54) is 15.6 Å². The molecule has 2 heterocycles. The van der Waals surface area contributed by atoms with Gasteiger partial charge in [0.1, 0.15) is 0 Å². The molecule has 0 atom stereocenters. The number of ketones is 1. The summed E-state index contributed by atoms with van der Waals surface area (Å²) in [5.74, 6) is 0.653. The molecular formula is C23H21NOS2. The Labute approximate surface area is 167 Å². The number of rotatable bonds is 6. The topological polar surface area (TPSA) is 22.0 Å². The van der Waals surface area contributed by atoms with E-state index in [0.717, 1.165) is 28.4 Å². The van der Waals surface area contributed by atoms with E-state index in [0.29, 0.717) is 5.75 Å². The molecular weight excluding hydrogens is 370 g/mol. The summed E-state index contributed by atoms with van der Waals surface area (Å²) in [5, 5.41) is 4.53. The smallest absolute Gasteiger partial charge is 0.174 e. The van der Waals surface area contributed by atoms with Gasteiger partial charge < -0.3 is 4.57 Å². The van der Waals surface area contributed by atoms with Crippen molar-refractivity contribution in [2.75, 3.05) is 5.75 Å². The summed E-state index contributed by atoms with van der Waals surface area (Å²) in [6, 6.07) is 20.9. The summed E-state index contributed by atoms with van der Waals surface area (Å²) in [5.41, 5.74) is 3.04. The lowest BCUT2D eigenvalue weighted by Gasteiger charge is -2.08. The van der Waals surface area contributed by atoms with Crippen molar-refractivity contribution in [2.45, 2.75) is 25.3 Å². The number of fused-ring (bicyclic) bond motifs is 1. The van der Waals surface area contributed by atoms with Crippen LogP contribution in [0.2, 0.25) is 0 Å². The molecule has 2 nitrogen and oxygen atoms in total. The Morgan fingerprint density at radius 3 is 2.59 bits per heavy atom. The lowest BCUT2D eigenvalue weighted by atomic mass is 10.1. The van der Waals surface area contributed by atoms with Gasteiger partial charge >= 0.3 is 0 Å². The molecule has 0 radical (unpaired) electrons. The number of Topliss-reactive ketones (excluding diaryl/α,β-unsaturated/α-hetero) is 1. The van der Waals surface area contributed by atoms with Gasteiger partial charge in [-0.2, -0.15) is 0 Å². The zero-order valence-corrected chi connectivity index (χ0v) is 17.1. The van der Waals surface area contributed by atoms with Crippen molar-refractivity contribution in [3.8, 4) is 0 Å². The maximum Gasteiger partial charge on any atom is 0.174 e. The number of carbonyl (C=O) groups excluding carboxylic acids is 1. The van der Waals surface area contributed by atoms with Crippen LogP contribution in [0, 0.1) is 13.8 Å². The minimum Gasteiger partial charge on any atom is -0.343 e. The van der Waals surface area contributed by atoms with Crippen molar-refractivity contribution in [3.63, 3.8) is 0 Å². The molecule has 0 saturated heterocycles. The van der Waals surface area contributed by atoms with E-state index in [4.69, 9.17) is 0 Å². The summed E-state index contributed by atoms with van der Waals surface area (Å²) in [4.78, 5) is 15.3. The Kier molecular flexibility index (Phi) is 5.19. The van der Waals surface area contributed by atoms with Crippen molar-refractivity contribution in [1.29, 1.82) is 0 Å². The fraction of sp³-hybridized carbons (Fsp3) is 0.174. The first-order valence-corrected chi connectivity index (χ1v) is 10.8. The van der Waals surface area contributed by atoms with Crippen LogP contribution in [0.1, 0.15) is 26.6 Å². The van der Waals surface area contributed by atoms with Gasteiger partial charge in [-0.1, -0.05) is 36.4 Å². The van der Waals surface area contributed by atoms with Crippen molar-refractivity contribution in [3.05, 3.63) is 87.9 Å². The molecule has 136 valence electrons. The SMILES string of the molecule is Cc1cc(C(=O)CSc2ccc3ccccc3c2)c(C)n1Cc1cccs1. The fourth-order valence-corrected chi connectivity index (χ4v) is 4.89. The highest BCUT2D eigenvalue weighted by molar-refractivity contribution is 8.00. The van der Waals surface area contributed by atoms with Gasteiger partial charge in [-0.05, 0) is 54.3 Å². The van der Waals surface area contributed by atoms with Gasteiger partial charge in [-0.25, -0.2) is 0 Å². The van der Waals surface area contributed by atoms with Gasteiger partial charge in [0, 0.05) is 26.7 Å². The standard InChI is InChI=1S/C23H21NOS2/c1-16-12-22(17(2)24(16)14-21-8-5-11-26-21)23(25)15-27-20-10-9-18-6-3-4-7-19(18)13-20/h3-13H,14-15H2,1-2H3.